The highest BCUT2D eigenvalue weighted by Crippen LogP contribution is 2.13. The van der Waals surface area contributed by atoms with Crippen molar-refractivity contribution in [2.75, 3.05) is 0 Å². The van der Waals surface area contributed by atoms with E-state index in [1.54, 1.807) is 6.92 Å². The normalized spacial score (nSPS) is 14.2. The van der Waals surface area contributed by atoms with Gasteiger partial charge >= 0.3 is 5.97 Å². The first-order chi connectivity index (χ1) is 7.56. The largest absolute Gasteiger partial charge is 0.480 e. The van der Waals surface area contributed by atoms with Crippen molar-refractivity contribution in [1.29, 1.82) is 0 Å². The van der Waals surface area contributed by atoms with Crippen molar-refractivity contribution in [1.82, 2.24) is 5.32 Å². The van der Waals surface area contributed by atoms with Crippen molar-refractivity contribution in [3.63, 3.8) is 0 Å². The molecule has 0 saturated heterocycles. The number of carbonyl (C=O) groups excluding carboxylic acids is 1. The van der Waals surface area contributed by atoms with Gasteiger partial charge < -0.3 is 10.4 Å². The summed E-state index contributed by atoms with van der Waals surface area (Å²) in [6.45, 7) is 5.80. The molecule has 2 atom stereocenters. The van der Waals surface area contributed by atoms with E-state index in [0.29, 0.717) is 6.42 Å². The van der Waals surface area contributed by atoms with Gasteiger partial charge in [0, 0.05) is 5.92 Å². The number of rotatable bonds is 8. The zero-order valence-corrected chi connectivity index (χ0v) is 10.5. The number of amides is 1. The highest BCUT2D eigenvalue weighted by Gasteiger charge is 2.22. The first-order valence-corrected chi connectivity index (χ1v) is 6.09. The average Bonchev–Trinajstić information content (AvgIpc) is 2.26. The Kier molecular flexibility index (Phi) is 7.60. The minimum absolute atomic E-state index is 0.0478. The van der Waals surface area contributed by atoms with Crippen LogP contribution in [0.25, 0.3) is 0 Å². The zero-order chi connectivity index (χ0) is 12.6. The van der Waals surface area contributed by atoms with Crippen LogP contribution in [0.5, 0.6) is 0 Å². The number of hydrogen-bond acceptors (Lipinski definition) is 2. The third-order valence-corrected chi connectivity index (χ3v) is 2.79. The van der Waals surface area contributed by atoms with Crippen LogP contribution in [-0.2, 0) is 9.59 Å². The van der Waals surface area contributed by atoms with Crippen LogP contribution in [0.2, 0.25) is 0 Å². The molecule has 0 spiro atoms. The molecule has 16 heavy (non-hydrogen) atoms. The zero-order valence-electron chi connectivity index (χ0n) is 10.5. The van der Waals surface area contributed by atoms with Crippen LogP contribution in [0.4, 0.5) is 0 Å². The van der Waals surface area contributed by atoms with E-state index < -0.39 is 12.0 Å². The van der Waals surface area contributed by atoms with Crippen molar-refractivity contribution in [3.05, 3.63) is 0 Å². The summed E-state index contributed by atoms with van der Waals surface area (Å²) in [5.74, 6) is -1.13. The van der Waals surface area contributed by atoms with E-state index in [9.17, 15) is 9.59 Å². The van der Waals surface area contributed by atoms with E-state index in [1.165, 1.54) is 0 Å². The summed E-state index contributed by atoms with van der Waals surface area (Å²) < 4.78 is 0. The Balaban J connectivity index is 4.23. The topological polar surface area (TPSA) is 66.4 Å². The van der Waals surface area contributed by atoms with Crippen molar-refractivity contribution in [3.8, 4) is 0 Å². The van der Waals surface area contributed by atoms with Gasteiger partial charge in [0.05, 0.1) is 0 Å². The van der Waals surface area contributed by atoms with E-state index >= 15 is 0 Å². The third kappa shape index (κ3) is 5.14. The number of unbranched alkanes of at least 4 members (excludes halogenated alkanes) is 1. The lowest BCUT2D eigenvalue weighted by Gasteiger charge is -2.18. The Morgan fingerprint density at radius 1 is 1.19 bits per heavy atom. The summed E-state index contributed by atoms with van der Waals surface area (Å²) in [6, 6.07) is -0.747. The second kappa shape index (κ2) is 8.13. The van der Waals surface area contributed by atoms with Gasteiger partial charge in [-0.15, -0.1) is 0 Å². The molecule has 0 saturated carbocycles. The molecule has 0 aliphatic heterocycles. The summed E-state index contributed by atoms with van der Waals surface area (Å²) in [5.41, 5.74) is 0. The maximum atomic E-state index is 11.8. The van der Waals surface area contributed by atoms with Gasteiger partial charge in [-0.05, 0) is 19.3 Å². The predicted molar refractivity (Wildman–Crippen MR) is 63.2 cm³/mol. The van der Waals surface area contributed by atoms with Crippen LogP contribution < -0.4 is 5.32 Å². The van der Waals surface area contributed by atoms with Crippen molar-refractivity contribution in [2.45, 2.75) is 58.9 Å². The van der Waals surface area contributed by atoms with Gasteiger partial charge in [-0.3, -0.25) is 4.79 Å². The van der Waals surface area contributed by atoms with Crippen LogP contribution in [0, 0.1) is 5.92 Å². The molecule has 0 radical (unpaired) electrons. The smallest absolute Gasteiger partial charge is 0.326 e. The van der Waals surface area contributed by atoms with Crippen molar-refractivity contribution >= 4 is 11.9 Å². The highest BCUT2D eigenvalue weighted by molar-refractivity contribution is 5.84. The lowest BCUT2D eigenvalue weighted by molar-refractivity contribution is -0.142. The van der Waals surface area contributed by atoms with E-state index in [-0.39, 0.29) is 11.8 Å². The number of carbonyl (C=O) groups is 2. The lowest BCUT2D eigenvalue weighted by Crippen LogP contribution is -2.43. The monoisotopic (exact) mass is 229 g/mol. The van der Waals surface area contributed by atoms with Gasteiger partial charge in [-0.2, -0.15) is 0 Å². The van der Waals surface area contributed by atoms with E-state index in [4.69, 9.17) is 5.11 Å². The average molecular weight is 229 g/mol. The van der Waals surface area contributed by atoms with Crippen LogP contribution in [0.15, 0.2) is 0 Å². The molecule has 94 valence electrons. The lowest BCUT2D eigenvalue weighted by atomic mass is 9.98. The molecule has 0 aliphatic carbocycles. The molecule has 0 heterocycles. The molecular weight excluding hydrogens is 206 g/mol. The number of carboxylic acid groups (broad SMARTS) is 1. The third-order valence-electron chi connectivity index (χ3n) is 2.79. The molecule has 0 rings (SSSR count). The number of carboxylic acids is 1. The Morgan fingerprint density at radius 3 is 2.19 bits per heavy atom. The second-order valence-corrected chi connectivity index (χ2v) is 4.06. The molecule has 0 aromatic rings. The van der Waals surface area contributed by atoms with Crippen LogP contribution in [0.1, 0.15) is 52.9 Å². The standard InChI is InChI=1S/C12H23NO3/c1-4-7-8-9(5-2)11(14)13-10(6-3)12(15)16/h9-10H,4-8H2,1-3H3,(H,13,14)(H,15,16). The van der Waals surface area contributed by atoms with Gasteiger partial charge in [0.1, 0.15) is 6.04 Å². The van der Waals surface area contributed by atoms with Crippen LogP contribution >= 0.6 is 0 Å². The molecule has 0 bridgehead atoms. The SMILES string of the molecule is CCCCC(CC)C(=O)NC(CC)C(=O)O. The highest BCUT2D eigenvalue weighted by atomic mass is 16.4. The van der Waals surface area contributed by atoms with Crippen molar-refractivity contribution < 1.29 is 14.7 Å². The quantitative estimate of drug-likeness (QED) is 0.670. The first-order valence-electron chi connectivity index (χ1n) is 6.09. The molecule has 2 unspecified atom stereocenters. The van der Waals surface area contributed by atoms with E-state index in [0.717, 1.165) is 25.7 Å². The Labute approximate surface area is 97.4 Å². The van der Waals surface area contributed by atoms with Crippen LogP contribution in [0.3, 0.4) is 0 Å². The fraction of sp³-hybridized carbons (Fsp3) is 0.833. The number of hydrogen-bond donors (Lipinski definition) is 2. The molecule has 0 aliphatic rings. The predicted octanol–water partition coefficient (Wildman–Crippen LogP) is 2.18. The summed E-state index contributed by atoms with van der Waals surface area (Å²) in [6.07, 6.45) is 4.10. The van der Waals surface area contributed by atoms with Gasteiger partial charge in [0.2, 0.25) is 5.91 Å². The van der Waals surface area contributed by atoms with Gasteiger partial charge in [0.15, 0.2) is 0 Å². The Hall–Kier alpha value is -1.06. The summed E-state index contributed by atoms with van der Waals surface area (Å²) in [4.78, 5) is 22.6. The van der Waals surface area contributed by atoms with E-state index in [1.807, 2.05) is 6.92 Å². The van der Waals surface area contributed by atoms with Crippen molar-refractivity contribution in [2.24, 2.45) is 5.92 Å². The van der Waals surface area contributed by atoms with Gasteiger partial charge in [-0.1, -0.05) is 33.6 Å². The minimum atomic E-state index is -0.957. The minimum Gasteiger partial charge on any atom is -0.480 e. The Morgan fingerprint density at radius 2 is 1.81 bits per heavy atom. The fourth-order valence-electron chi connectivity index (χ4n) is 1.60. The summed E-state index contributed by atoms with van der Waals surface area (Å²) in [7, 11) is 0. The summed E-state index contributed by atoms with van der Waals surface area (Å²) >= 11 is 0. The molecular formula is C12H23NO3. The molecule has 0 fully saturated rings. The summed E-state index contributed by atoms with van der Waals surface area (Å²) in [5, 5.41) is 11.4. The molecule has 4 nitrogen and oxygen atoms in total. The molecule has 1 amide bonds. The maximum Gasteiger partial charge on any atom is 0.326 e. The van der Waals surface area contributed by atoms with E-state index in [2.05, 4.69) is 12.2 Å². The fourth-order valence-corrected chi connectivity index (χ4v) is 1.60. The van der Waals surface area contributed by atoms with Gasteiger partial charge in [-0.25, -0.2) is 4.79 Å². The van der Waals surface area contributed by atoms with Gasteiger partial charge in [0.25, 0.3) is 0 Å². The molecule has 0 aromatic heterocycles. The maximum absolute atomic E-state index is 11.8. The number of nitrogens with one attached hydrogen (secondary N) is 1. The second-order valence-electron chi connectivity index (χ2n) is 4.06. The molecule has 4 heteroatoms. The first kappa shape index (κ1) is 14.9. The number of aliphatic carboxylic acids is 1. The van der Waals surface area contributed by atoms with Crippen LogP contribution in [-0.4, -0.2) is 23.0 Å². The molecule has 0 aromatic carbocycles. The molecule has 2 N–H and O–H groups in total. The Bertz CT molecular complexity index is 228.